The van der Waals surface area contributed by atoms with Gasteiger partial charge < -0.3 is 14.4 Å². The zero-order valence-corrected chi connectivity index (χ0v) is 14.0. The number of amides is 1. The molecule has 0 radical (unpaired) electrons. The normalized spacial score (nSPS) is 29.2. The van der Waals surface area contributed by atoms with E-state index in [2.05, 4.69) is 9.78 Å². The third-order valence-corrected chi connectivity index (χ3v) is 5.15. The van der Waals surface area contributed by atoms with Crippen LogP contribution >= 0.6 is 0 Å². The number of hydrogen-bond donors (Lipinski definition) is 0. The summed E-state index contributed by atoms with van der Waals surface area (Å²) in [4.78, 5) is 14.9. The van der Waals surface area contributed by atoms with E-state index in [9.17, 15) is 4.79 Å². The maximum atomic E-state index is 13.0. The van der Waals surface area contributed by atoms with Crippen LogP contribution in [0.25, 0.3) is 0 Å². The summed E-state index contributed by atoms with van der Waals surface area (Å²) in [5.74, 6) is 0.170. The zero-order valence-electron chi connectivity index (χ0n) is 14.0. The van der Waals surface area contributed by atoms with E-state index in [1.165, 1.54) is 18.5 Å². The Morgan fingerprint density at radius 3 is 3.13 bits per heavy atom. The summed E-state index contributed by atoms with van der Waals surface area (Å²) in [5.41, 5.74) is 2.02. The van der Waals surface area contributed by atoms with E-state index in [4.69, 9.17) is 9.47 Å². The van der Waals surface area contributed by atoms with Gasteiger partial charge in [-0.15, -0.1) is 0 Å². The highest BCUT2D eigenvalue weighted by Crippen LogP contribution is 2.30. The van der Waals surface area contributed by atoms with Crippen LogP contribution < -0.4 is 0 Å². The first-order valence-electron chi connectivity index (χ1n) is 8.62. The SMILES string of the molecule is CC1(C)CN(C(=O)Cc2cnn3c2CCCC3)[C@@H]2COC[C@H]2O1. The Morgan fingerprint density at radius 1 is 1.39 bits per heavy atom. The molecule has 3 aliphatic rings. The Morgan fingerprint density at radius 2 is 2.26 bits per heavy atom. The Hall–Kier alpha value is -1.40. The number of ether oxygens (including phenoxy) is 2. The summed E-state index contributed by atoms with van der Waals surface area (Å²) in [7, 11) is 0. The van der Waals surface area contributed by atoms with Crippen molar-refractivity contribution < 1.29 is 14.3 Å². The van der Waals surface area contributed by atoms with Crippen LogP contribution in [0.1, 0.15) is 37.9 Å². The molecule has 0 bridgehead atoms. The molecule has 2 saturated heterocycles. The number of carbonyl (C=O) groups is 1. The molecule has 0 aliphatic carbocycles. The maximum absolute atomic E-state index is 13.0. The van der Waals surface area contributed by atoms with Crippen molar-refractivity contribution in [2.24, 2.45) is 0 Å². The number of carbonyl (C=O) groups excluding carboxylic acids is 1. The van der Waals surface area contributed by atoms with Gasteiger partial charge in [-0.3, -0.25) is 9.48 Å². The van der Waals surface area contributed by atoms with Crippen LogP contribution in [0, 0.1) is 0 Å². The Balaban J connectivity index is 1.53. The molecule has 0 N–H and O–H groups in total. The second-order valence-electron chi connectivity index (χ2n) is 7.52. The van der Waals surface area contributed by atoms with Crippen molar-refractivity contribution in [2.75, 3.05) is 19.8 Å². The lowest BCUT2D eigenvalue weighted by atomic mass is 9.99. The fourth-order valence-electron chi connectivity index (χ4n) is 4.07. The van der Waals surface area contributed by atoms with Gasteiger partial charge in [-0.25, -0.2) is 0 Å². The topological polar surface area (TPSA) is 56.6 Å². The van der Waals surface area contributed by atoms with Gasteiger partial charge in [0.05, 0.1) is 37.5 Å². The molecular formula is C17H25N3O3. The molecule has 1 amide bonds. The fourth-order valence-corrected chi connectivity index (χ4v) is 4.07. The molecule has 2 fully saturated rings. The highest BCUT2D eigenvalue weighted by molar-refractivity contribution is 5.79. The lowest BCUT2D eigenvalue weighted by molar-refractivity contribution is -0.168. The lowest BCUT2D eigenvalue weighted by Gasteiger charge is -2.45. The zero-order chi connectivity index (χ0) is 16.0. The van der Waals surface area contributed by atoms with Crippen LogP contribution in [0.5, 0.6) is 0 Å². The van der Waals surface area contributed by atoms with Gasteiger partial charge in [0.25, 0.3) is 0 Å². The molecular weight excluding hydrogens is 294 g/mol. The number of aryl methyl sites for hydroxylation is 1. The molecule has 0 unspecified atom stereocenters. The number of aromatic nitrogens is 2. The fraction of sp³-hybridized carbons (Fsp3) is 0.765. The lowest BCUT2D eigenvalue weighted by Crippen LogP contribution is -2.60. The average Bonchev–Trinajstić information content (AvgIpc) is 3.12. The monoisotopic (exact) mass is 319 g/mol. The van der Waals surface area contributed by atoms with E-state index in [0.717, 1.165) is 18.5 Å². The Labute approximate surface area is 136 Å². The molecule has 23 heavy (non-hydrogen) atoms. The Bertz CT molecular complexity index is 610. The summed E-state index contributed by atoms with van der Waals surface area (Å²) in [6.45, 7) is 6.86. The van der Waals surface area contributed by atoms with Crippen molar-refractivity contribution in [3.63, 3.8) is 0 Å². The van der Waals surface area contributed by atoms with Gasteiger partial charge in [-0.05, 0) is 33.1 Å². The molecule has 3 aliphatic heterocycles. The van der Waals surface area contributed by atoms with Gasteiger partial charge in [0.2, 0.25) is 5.91 Å². The molecule has 2 atom stereocenters. The van der Waals surface area contributed by atoms with E-state index in [1.54, 1.807) is 0 Å². The molecule has 4 rings (SSSR count). The largest absolute Gasteiger partial charge is 0.376 e. The van der Waals surface area contributed by atoms with E-state index < -0.39 is 0 Å². The van der Waals surface area contributed by atoms with E-state index in [1.807, 2.05) is 24.9 Å². The first-order valence-corrected chi connectivity index (χ1v) is 8.62. The summed E-state index contributed by atoms with van der Waals surface area (Å²) >= 11 is 0. The second kappa shape index (κ2) is 5.60. The first-order chi connectivity index (χ1) is 11.0. The van der Waals surface area contributed by atoms with Gasteiger partial charge in [0.15, 0.2) is 0 Å². The first kappa shape index (κ1) is 15.1. The molecule has 0 saturated carbocycles. The highest BCUT2D eigenvalue weighted by atomic mass is 16.6. The summed E-state index contributed by atoms with van der Waals surface area (Å²) < 4.78 is 13.7. The number of nitrogens with zero attached hydrogens (tertiary/aromatic N) is 3. The van der Waals surface area contributed by atoms with Crippen molar-refractivity contribution in [1.82, 2.24) is 14.7 Å². The van der Waals surface area contributed by atoms with Crippen molar-refractivity contribution >= 4 is 5.91 Å². The average molecular weight is 319 g/mol. The van der Waals surface area contributed by atoms with Crippen molar-refractivity contribution in [1.29, 1.82) is 0 Å². The van der Waals surface area contributed by atoms with Gasteiger partial charge >= 0.3 is 0 Å². The van der Waals surface area contributed by atoms with Crippen LogP contribution in [0.15, 0.2) is 6.20 Å². The molecule has 1 aromatic rings. The number of fused-ring (bicyclic) bond motifs is 2. The molecule has 1 aromatic heterocycles. The third kappa shape index (κ3) is 2.78. The summed E-state index contributed by atoms with van der Waals surface area (Å²) in [6.07, 6.45) is 5.73. The van der Waals surface area contributed by atoms with E-state index >= 15 is 0 Å². The second-order valence-corrected chi connectivity index (χ2v) is 7.52. The number of hydrogen-bond acceptors (Lipinski definition) is 4. The molecule has 126 valence electrons. The summed E-state index contributed by atoms with van der Waals surface area (Å²) in [6, 6.07) is 0.0573. The molecule has 6 heteroatoms. The minimum Gasteiger partial charge on any atom is -0.376 e. The third-order valence-electron chi connectivity index (χ3n) is 5.15. The van der Waals surface area contributed by atoms with Crippen LogP contribution in [-0.4, -0.2) is 58.1 Å². The number of rotatable bonds is 2. The van der Waals surface area contributed by atoms with Gasteiger partial charge in [0, 0.05) is 24.3 Å². The van der Waals surface area contributed by atoms with E-state index in [0.29, 0.717) is 26.2 Å². The van der Waals surface area contributed by atoms with Gasteiger partial charge in [0.1, 0.15) is 6.10 Å². The van der Waals surface area contributed by atoms with Gasteiger partial charge in [-0.2, -0.15) is 5.10 Å². The van der Waals surface area contributed by atoms with Crippen LogP contribution in [0.2, 0.25) is 0 Å². The highest BCUT2D eigenvalue weighted by Gasteiger charge is 2.45. The van der Waals surface area contributed by atoms with Gasteiger partial charge in [-0.1, -0.05) is 0 Å². The standard InChI is InChI=1S/C17H25N3O3/c1-17(2)11-19(14-9-22-10-15(14)23-17)16(21)7-12-8-18-20-6-4-3-5-13(12)20/h8,14-15H,3-7,9-11H2,1-2H3/t14-,15-/m1/s1. The quantitative estimate of drug-likeness (QED) is 0.821. The number of morpholine rings is 1. The minimum absolute atomic E-state index is 0.00350. The van der Waals surface area contributed by atoms with Crippen LogP contribution in [0.4, 0.5) is 0 Å². The molecule has 6 nitrogen and oxygen atoms in total. The predicted octanol–water partition coefficient (Wildman–Crippen LogP) is 1.17. The maximum Gasteiger partial charge on any atom is 0.227 e. The molecule has 4 heterocycles. The minimum atomic E-state index is -0.316. The van der Waals surface area contributed by atoms with Crippen molar-refractivity contribution in [3.05, 3.63) is 17.5 Å². The Kier molecular flexibility index (Phi) is 3.69. The predicted molar refractivity (Wildman–Crippen MR) is 84.1 cm³/mol. The van der Waals surface area contributed by atoms with Crippen LogP contribution in [0.3, 0.4) is 0 Å². The smallest absolute Gasteiger partial charge is 0.227 e. The van der Waals surface area contributed by atoms with E-state index in [-0.39, 0.29) is 23.7 Å². The molecule has 0 spiro atoms. The summed E-state index contributed by atoms with van der Waals surface area (Å²) in [5, 5.41) is 4.45. The molecule has 0 aromatic carbocycles. The van der Waals surface area contributed by atoms with Crippen molar-refractivity contribution in [3.8, 4) is 0 Å². The van der Waals surface area contributed by atoms with Crippen molar-refractivity contribution in [2.45, 2.75) is 63.8 Å². The van der Waals surface area contributed by atoms with Crippen LogP contribution in [-0.2, 0) is 33.7 Å².